The number of likely N-dealkylation sites (N-methyl/N-ethyl adjacent to an activating group) is 2. The molecule has 32 heavy (non-hydrogen) atoms. The molecule has 0 saturated heterocycles. The largest absolute Gasteiger partial charge is 0.368 e. The molecule has 0 unspecified atom stereocenters. The molecule has 0 atom stereocenters. The highest BCUT2D eigenvalue weighted by molar-refractivity contribution is 5.84. The minimum Gasteiger partial charge on any atom is -0.368 e. The molecular weight excluding hydrogens is 396 g/mol. The van der Waals surface area contributed by atoms with E-state index in [1.807, 2.05) is 18.5 Å². The minimum absolute atomic E-state index is 0.866. The first kappa shape index (κ1) is 24.2. The minimum atomic E-state index is 0.866. The van der Waals surface area contributed by atoms with Crippen LogP contribution in [0.4, 0.5) is 5.69 Å². The number of benzene rings is 1. The molecule has 0 saturated carbocycles. The van der Waals surface area contributed by atoms with Gasteiger partial charge < -0.3 is 19.3 Å². The van der Waals surface area contributed by atoms with Gasteiger partial charge in [-0.15, -0.1) is 0 Å². The number of fused-ring (bicyclic) bond motifs is 1. The van der Waals surface area contributed by atoms with E-state index in [0.29, 0.717) is 0 Å². The van der Waals surface area contributed by atoms with Gasteiger partial charge in [0, 0.05) is 50.2 Å². The van der Waals surface area contributed by atoms with E-state index in [2.05, 4.69) is 83.1 Å². The van der Waals surface area contributed by atoms with E-state index < -0.39 is 0 Å². The number of pyridine rings is 1. The number of nitrogens with zero attached hydrogens (tertiary/aromatic N) is 6. The number of aryl methyl sites for hydroxylation is 1. The van der Waals surface area contributed by atoms with Crippen LogP contribution in [0.25, 0.3) is 22.4 Å². The van der Waals surface area contributed by atoms with Crippen LogP contribution in [-0.4, -0.2) is 76.7 Å². The molecule has 3 aromatic rings. The zero-order valence-electron chi connectivity index (χ0n) is 20.6. The average molecular weight is 437 g/mol. The predicted molar refractivity (Wildman–Crippen MR) is 136 cm³/mol. The summed E-state index contributed by atoms with van der Waals surface area (Å²) in [6, 6.07) is 10.8. The monoisotopic (exact) mass is 436 g/mol. The maximum Gasteiger partial charge on any atom is 0.143 e. The van der Waals surface area contributed by atoms with Crippen molar-refractivity contribution in [3.05, 3.63) is 42.7 Å². The number of para-hydroxylation sites is 1. The van der Waals surface area contributed by atoms with Gasteiger partial charge in [0.1, 0.15) is 5.82 Å². The molecule has 0 aliphatic rings. The summed E-state index contributed by atoms with van der Waals surface area (Å²) in [6.07, 6.45) is 3.75. The van der Waals surface area contributed by atoms with Crippen molar-refractivity contribution in [2.75, 3.05) is 57.3 Å². The van der Waals surface area contributed by atoms with Gasteiger partial charge in [0.25, 0.3) is 0 Å². The fourth-order valence-corrected chi connectivity index (χ4v) is 4.39. The summed E-state index contributed by atoms with van der Waals surface area (Å²) < 4.78 is 2.29. The summed E-state index contributed by atoms with van der Waals surface area (Å²) in [6.45, 7) is 20.5. The highest BCUT2D eigenvalue weighted by Crippen LogP contribution is 2.32. The average Bonchev–Trinajstić information content (AvgIpc) is 3.22. The van der Waals surface area contributed by atoms with E-state index in [4.69, 9.17) is 4.98 Å². The first-order chi connectivity index (χ1) is 15.7. The summed E-state index contributed by atoms with van der Waals surface area (Å²) in [4.78, 5) is 16.9. The summed E-state index contributed by atoms with van der Waals surface area (Å²) in [5.41, 5.74) is 4.57. The van der Waals surface area contributed by atoms with Crippen molar-refractivity contribution in [1.82, 2.24) is 24.3 Å². The van der Waals surface area contributed by atoms with Crippen LogP contribution in [0.3, 0.4) is 0 Å². The zero-order chi connectivity index (χ0) is 22.9. The molecule has 6 heteroatoms. The molecule has 0 amide bonds. The Bertz CT molecular complexity index is 942. The fraction of sp³-hybridized carbons (Fsp3) is 0.538. The Morgan fingerprint density at radius 1 is 0.781 bits per heavy atom. The van der Waals surface area contributed by atoms with Crippen LogP contribution in [0.2, 0.25) is 0 Å². The van der Waals surface area contributed by atoms with Crippen LogP contribution < -0.4 is 4.90 Å². The smallest absolute Gasteiger partial charge is 0.143 e. The maximum atomic E-state index is 5.03. The van der Waals surface area contributed by atoms with Crippen molar-refractivity contribution >= 4 is 16.7 Å². The van der Waals surface area contributed by atoms with Crippen LogP contribution in [0.15, 0.2) is 42.7 Å². The van der Waals surface area contributed by atoms with Crippen molar-refractivity contribution < 1.29 is 0 Å². The molecular formula is C26H40N6. The van der Waals surface area contributed by atoms with Crippen molar-refractivity contribution in [3.8, 4) is 11.4 Å². The number of anilines is 1. The lowest BCUT2D eigenvalue weighted by atomic mass is 10.1. The van der Waals surface area contributed by atoms with Crippen molar-refractivity contribution in [2.24, 2.45) is 0 Å². The van der Waals surface area contributed by atoms with E-state index in [9.17, 15) is 0 Å². The molecule has 2 heterocycles. The summed E-state index contributed by atoms with van der Waals surface area (Å²) in [5, 5.41) is 0. The van der Waals surface area contributed by atoms with E-state index in [1.54, 1.807) is 0 Å². The SMILES string of the molecule is CCN(CC)CCN(CCN(CC)CC)c1ccccc1-c1nc2ccncc2n1CC. The lowest BCUT2D eigenvalue weighted by Gasteiger charge is -2.31. The first-order valence-corrected chi connectivity index (χ1v) is 12.3. The molecule has 2 aromatic heterocycles. The Labute approximate surface area is 193 Å². The number of imidazole rings is 1. The molecule has 174 valence electrons. The zero-order valence-corrected chi connectivity index (χ0v) is 20.6. The standard InChI is InChI=1S/C26H40N6/c1-6-29(7-2)17-19-31(20-18-30(8-3)9-4)24-14-12-11-13-22(24)26-28-23-15-16-27-21-25(23)32(26)10-5/h11-16,21H,6-10,17-20H2,1-5H3. The predicted octanol–water partition coefficient (Wildman–Crippen LogP) is 4.61. The van der Waals surface area contributed by atoms with Gasteiger partial charge in [0.15, 0.2) is 0 Å². The molecule has 0 fully saturated rings. The lowest BCUT2D eigenvalue weighted by molar-refractivity contribution is 0.294. The van der Waals surface area contributed by atoms with Crippen LogP contribution in [0.1, 0.15) is 34.6 Å². The van der Waals surface area contributed by atoms with E-state index in [1.165, 1.54) is 11.3 Å². The summed E-state index contributed by atoms with van der Waals surface area (Å²) >= 11 is 0. The van der Waals surface area contributed by atoms with Crippen molar-refractivity contribution in [3.63, 3.8) is 0 Å². The van der Waals surface area contributed by atoms with Gasteiger partial charge in [0.05, 0.1) is 17.2 Å². The molecule has 0 spiro atoms. The normalized spacial score (nSPS) is 11.7. The van der Waals surface area contributed by atoms with E-state index in [0.717, 1.165) is 75.8 Å². The van der Waals surface area contributed by atoms with E-state index >= 15 is 0 Å². The quantitative estimate of drug-likeness (QED) is 0.391. The van der Waals surface area contributed by atoms with Gasteiger partial charge in [0.2, 0.25) is 0 Å². The summed E-state index contributed by atoms with van der Waals surface area (Å²) in [5.74, 6) is 1.03. The van der Waals surface area contributed by atoms with Gasteiger partial charge in [-0.2, -0.15) is 0 Å². The first-order valence-electron chi connectivity index (χ1n) is 12.3. The molecule has 0 N–H and O–H groups in total. The highest BCUT2D eigenvalue weighted by Gasteiger charge is 2.19. The topological polar surface area (TPSA) is 40.4 Å². The molecule has 6 nitrogen and oxygen atoms in total. The fourth-order valence-electron chi connectivity index (χ4n) is 4.39. The molecule has 3 rings (SSSR count). The van der Waals surface area contributed by atoms with Gasteiger partial charge in [-0.05, 0) is 51.3 Å². The number of aromatic nitrogens is 3. The Hall–Kier alpha value is -2.44. The van der Waals surface area contributed by atoms with Gasteiger partial charge >= 0.3 is 0 Å². The Balaban J connectivity index is 2.00. The van der Waals surface area contributed by atoms with Crippen LogP contribution >= 0.6 is 0 Å². The van der Waals surface area contributed by atoms with Crippen LogP contribution in [0, 0.1) is 0 Å². The molecule has 0 aliphatic heterocycles. The summed E-state index contributed by atoms with van der Waals surface area (Å²) in [7, 11) is 0. The molecule has 1 aromatic carbocycles. The number of hydrogen-bond donors (Lipinski definition) is 0. The van der Waals surface area contributed by atoms with Crippen molar-refractivity contribution in [1.29, 1.82) is 0 Å². The number of hydrogen-bond acceptors (Lipinski definition) is 5. The van der Waals surface area contributed by atoms with Gasteiger partial charge in [-0.1, -0.05) is 39.8 Å². The Morgan fingerprint density at radius 2 is 1.41 bits per heavy atom. The number of rotatable bonds is 13. The third kappa shape index (κ3) is 5.48. The van der Waals surface area contributed by atoms with Gasteiger partial charge in [-0.3, -0.25) is 4.98 Å². The molecule has 0 bridgehead atoms. The lowest BCUT2D eigenvalue weighted by Crippen LogP contribution is -2.40. The second kappa shape index (κ2) is 12.0. The highest BCUT2D eigenvalue weighted by atomic mass is 15.2. The van der Waals surface area contributed by atoms with Crippen LogP contribution in [-0.2, 0) is 6.54 Å². The second-order valence-electron chi connectivity index (χ2n) is 8.10. The third-order valence-electron chi connectivity index (χ3n) is 6.51. The van der Waals surface area contributed by atoms with Gasteiger partial charge in [-0.25, -0.2) is 4.98 Å². The van der Waals surface area contributed by atoms with Crippen molar-refractivity contribution in [2.45, 2.75) is 41.2 Å². The van der Waals surface area contributed by atoms with E-state index in [-0.39, 0.29) is 0 Å². The Morgan fingerprint density at radius 3 is 2.00 bits per heavy atom. The second-order valence-corrected chi connectivity index (χ2v) is 8.10. The van der Waals surface area contributed by atoms with Crippen LogP contribution in [0.5, 0.6) is 0 Å². The third-order valence-corrected chi connectivity index (χ3v) is 6.51. The molecule has 0 aliphatic carbocycles. The Kier molecular flexibility index (Phi) is 9.06. The maximum absolute atomic E-state index is 5.03. The molecule has 0 radical (unpaired) electrons.